The molecule has 3 aromatic carbocycles. The Morgan fingerprint density at radius 2 is 1.58 bits per heavy atom. The predicted octanol–water partition coefficient (Wildman–Crippen LogP) is 4.66. The Morgan fingerprint density at radius 1 is 0.875 bits per heavy atom. The van der Waals surface area contributed by atoms with Crippen LogP contribution in [-0.4, -0.2) is 11.8 Å². The van der Waals surface area contributed by atoms with Crippen LogP contribution in [0.3, 0.4) is 0 Å². The molecule has 3 aromatic rings. The Bertz CT molecular complexity index is 933. The van der Waals surface area contributed by atoms with Crippen molar-refractivity contribution in [2.24, 2.45) is 0 Å². The monoisotopic (exact) mass is 316 g/mol. The van der Waals surface area contributed by atoms with Crippen molar-refractivity contribution in [3.05, 3.63) is 83.9 Å². The summed E-state index contributed by atoms with van der Waals surface area (Å²) in [6, 6.07) is 20.6. The first kappa shape index (κ1) is 15.7. The van der Waals surface area contributed by atoms with E-state index in [1.54, 1.807) is 30.3 Å². The number of esters is 1. The third-order valence-electron chi connectivity index (χ3n) is 3.70. The lowest BCUT2D eigenvalue weighted by Gasteiger charge is -2.06. The molecule has 3 heteroatoms. The molecule has 0 saturated heterocycles. The topological polar surface area (TPSA) is 43.4 Å². The van der Waals surface area contributed by atoms with Crippen LogP contribution in [0.25, 0.3) is 16.8 Å². The molecular formula is C21H16O3. The van der Waals surface area contributed by atoms with Crippen molar-refractivity contribution in [2.75, 3.05) is 0 Å². The molecule has 0 spiro atoms. The van der Waals surface area contributed by atoms with Crippen molar-refractivity contribution >= 4 is 28.6 Å². The van der Waals surface area contributed by atoms with Gasteiger partial charge in [-0.25, -0.2) is 4.79 Å². The lowest BCUT2D eigenvalue weighted by atomic mass is 10.0. The first-order valence-corrected chi connectivity index (χ1v) is 7.63. The van der Waals surface area contributed by atoms with Gasteiger partial charge in [-0.05, 0) is 41.5 Å². The molecule has 24 heavy (non-hydrogen) atoms. The lowest BCUT2D eigenvalue weighted by Crippen LogP contribution is -2.07. The van der Waals surface area contributed by atoms with Crippen LogP contribution in [0.2, 0.25) is 0 Å². The zero-order chi connectivity index (χ0) is 16.9. The molecule has 0 atom stereocenters. The molecule has 0 heterocycles. The second-order valence-corrected chi connectivity index (χ2v) is 5.38. The summed E-state index contributed by atoms with van der Waals surface area (Å²) in [5, 5.41) is 2.17. The summed E-state index contributed by atoms with van der Waals surface area (Å²) in [5.74, 6) is -0.384. The van der Waals surface area contributed by atoms with Gasteiger partial charge >= 0.3 is 5.97 Å². The van der Waals surface area contributed by atoms with Gasteiger partial charge in [0, 0.05) is 6.08 Å². The van der Waals surface area contributed by atoms with Crippen molar-refractivity contribution in [1.29, 1.82) is 0 Å². The highest BCUT2D eigenvalue weighted by Crippen LogP contribution is 2.21. The summed E-state index contributed by atoms with van der Waals surface area (Å²) >= 11 is 0. The predicted molar refractivity (Wildman–Crippen MR) is 95.1 cm³/mol. The number of hydrogen-bond donors (Lipinski definition) is 0. The Hall–Kier alpha value is -3.20. The van der Waals surface area contributed by atoms with Gasteiger partial charge in [0.15, 0.2) is 5.78 Å². The molecule has 0 aliphatic rings. The lowest BCUT2D eigenvalue weighted by molar-refractivity contribution is -0.128. The number of ketones is 1. The van der Waals surface area contributed by atoms with Gasteiger partial charge in [-0.1, -0.05) is 54.6 Å². The summed E-state index contributed by atoms with van der Waals surface area (Å²) in [5.41, 5.74) is 1.33. The first-order valence-electron chi connectivity index (χ1n) is 7.63. The van der Waals surface area contributed by atoms with Gasteiger partial charge < -0.3 is 4.74 Å². The van der Waals surface area contributed by atoms with Crippen LogP contribution >= 0.6 is 0 Å². The molecule has 0 N–H and O–H groups in total. The standard InChI is InChI=1S/C21H16O3/c1-15(22)18-10-4-5-12-20(18)24-21(23)14-13-17-9-6-8-16-7-2-3-11-19(16)17/h2-14H,1H3. The van der Waals surface area contributed by atoms with Crippen molar-refractivity contribution < 1.29 is 14.3 Å². The number of fused-ring (bicyclic) bond motifs is 1. The number of rotatable bonds is 4. The summed E-state index contributed by atoms with van der Waals surface area (Å²) in [6.45, 7) is 1.44. The third kappa shape index (κ3) is 3.41. The fraction of sp³-hybridized carbons (Fsp3) is 0.0476. The minimum atomic E-state index is -0.517. The zero-order valence-electron chi connectivity index (χ0n) is 13.2. The van der Waals surface area contributed by atoms with Gasteiger partial charge in [0.25, 0.3) is 0 Å². The summed E-state index contributed by atoms with van der Waals surface area (Å²) in [4.78, 5) is 23.6. The molecule has 3 rings (SSSR count). The molecule has 0 fully saturated rings. The van der Waals surface area contributed by atoms with Crippen LogP contribution in [0.4, 0.5) is 0 Å². The van der Waals surface area contributed by atoms with Gasteiger partial charge in [0.1, 0.15) is 5.75 Å². The summed E-state index contributed by atoms with van der Waals surface area (Å²) in [6.07, 6.45) is 3.10. The number of carbonyl (C=O) groups excluding carboxylic acids is 2. The minimum Gasteiger partial charge on any atom is -0.423 e. The quantitative estimate of drug-likeness (QED) is 0.304. The van der Waals surface area contributed by atoms with Crippen LogP contribution in [-0.2, 0) is 4.79 Å². The van der Waals surface area contributed by atoms with E-state index in [2.05, 4.69) is 0 Å². The van der Waals surface area contributed by atoms with Crippen LogP contribution in [0.5, 0.6) is 5.75 Å². The van der Waals surface area contributed by atoms with Crippen LogP contribution < -0.4 is 4.74 Å². The van der Waals surface area contributed by atoms with Crippen molar-refractivity contribution in [3.63, 3.8) is 0 Å². The minimum absolute atomic E-state index is 0.142. The molecule has 118 valence electrons. The maximum atomic E-state index is 12.1. The number of Topliss-reactive ketones (excluding diaryl/α,β-unsaturated/α-hetero) is 1. The Morgan fingerprint density at radius 3 is 2.42 bits per heavy atom. The first-order chi connectivity index (χ1) is 11.6. The number of ether oxygens (including phenoxy) is 1. The molecule has 0 amide bonds. The van der Waals surface area contributed by atoms with E-state index in [0.29, 0.717) is 5.56 Å². The number of para-hydroxylation sites is 1. The SMILES string of the molecule is CC(=O)c1ccccc1OC(=O)C=Cc1cccc2ccccc12. The molecule has 0 aliphatic carbocycles. The van der Waals surface area contributed by atoms with Crippen LogP contribution in [0.15, 0.2) is 72.8 Å². The maximum absolute atomic E-state index is 12.1. The largest absolute Gasteiger partial charge is 0.423 e. The average molecular weight is 316 g/mol. The molecule has 0 aliphatic heterocycles. The van der Waals surface area contributed by atoms with E-state index in [-0.39, 0.29) is 11.5 Å². The van der Waals surface area contributed by atoms with E-state index in [9.17, 15) is 9.59 Å². The van der Waals surface area contributed by atoms with E-state index in [0.717, 1.165) is 16.3 Å². The fourth-order valence-corrected chi connectivity index (χ4v) is 2.54. The zero-order valence-corrected chi connectivity index (χ0v) is 13.2. The van der Waals surface area contributed by atoms with Gasteiger partial charge in [-0.3, -0.25) is 4.79 Å². The van der Waals surface area contributed by atoms with Gasteiger partial charge in [-0.15, -0.1) is 0 Å². The smallest absolute Gasteiger partial charge is 0.336 e. The highest BCUT2D eigenvalue weighted by atomic mass is 16.5. The van der Waals surface area contributed by atoms with Crippen LogP contribution in [0, 0.1) is 0 Å². The summed E-state index contributed by atoms with van der Waals surface area (Å²) < 4.78 is 5.29. The summed E-state index contributed by atoms with van der Waals surface area (Å²) in [7, 11) is 0. The molecule has 0 bridgehead atoms. The van der Waals surface area contributed by atoms with Crippen LogP contribution in [0.1, 0.15) is 22.8 Å². The molecule has 0 unspecified atom stereocenters. The van der Waals surface area contributed by atoms with Crippen molar-refractivity contribution in [3.8, 4) is 5.75 Å². The highest BCUT2D eigenvalue weighted by Gasteiger charge is 2.10. The average Bonchev–Trinajstić information content (AvgIpc) is 2.60. The molecule has 3 nitrogen and oxygen atoms in total. The maximum Gasteiger partial charge on any atom is 0.336 e. The highest BCUT2D eigenvalue weighted by molar-refractivity contribution is 5.99. The molecule has 0 aromatic heterocycles. The molecule has 0 saturated carbocycles. The van der Waals surface area contributed by atoms with Gasteiger partial charge in [0.05, 0.1) is 5.56 Å². The second-order valence-electron chi connectivity index (χ2n) is 5.38. The fourth-order valence-electron chi connectivity index (χ4n) is 2.54. The van der Waals surface area contributed by atoms with E-state index < -0.39 is 5.97 Å². The van der Waals surface area contributed by atoms with Crippen molar-refractivity contribution in [2.45, 2.75) is 6.92 Å². The van der Waals surface area contributed by atoms with E-state index >= 15 is 0 Å². The van der Waals surface area contributed by atoms with E-state index in [1.165, 1.54) is 13.0 Å². The van der Waals surface area contributed by atoms with Crippen molar-refractivity contribution in [1.82, 2.24) is 0 Å². The van der Waals surface area contributed by atoms with E-state index in [1.807, 2.05) is 42.5 Å². The number of carbonyl (C=O) groups is 2. The Balaban J connectivity index is 1.82. The van der Waals surface area contributed by atoms with Gasteiger partial charge in [0.2, 0.25) is 0 Å². The molecular weight excluding hydrogens is 300 g/mol. The third-order valence-corrected chi connectivity index (χ3v) is 3.70. The Labute approximate surface area is 140 Å². The second kappa shape index (κ2) is 6.92. The van der Waals surface area contributed by atoms with E-state index in [4.69, 9.17) is 4.74 Å². The number of hydrogen-bond acceptors (Lipinski definition) is 3. The van der Waals surface area contributed by atoms with Gasteiger partial charge in [-0.2, -0.15) is 0 Å². The normalized spacial score (nSPS) is 10.9. The number of benzene rings is 3. The Kier molecular flexibility index (Phi) is 4.52. The molecule has 0 radical (unpaired) electrons.